The number of carboxylic acid groups (broad SMARTS) is 1. The summed E-state index contributed by atoms with van der Waals surface area (Å²) in [6.07, 6.45) is 3.10. The zero-order valence-corrected chi connectivity index (χ0v) is 18.5. The number of ether oxygens (including phenoxy) is 2. The van der Waals surface area contributed by atoms with Gasteiger partial charge in [0.1, 0.15) is 11.5 Å². The molecule has 1 atom stereocenters. The third kappa shape index (κ3) is 5.82. The van der Waals surface area contributed by atoms with Gasteiger partial charge >= 0.3 is 5.97 Å². The molecule has 3 aromatic rings. The normalized spacial score (nSPS) is 13.8. The van der Waals surface area contributed by atoms with Crippen molar-refractivity contribution in [1.82, 2.24) is 0 Å². The molecule has 1 aliphatic heterocycles. The minimum atomic E-state index is -0.822. The van der Waals surface area contributed by atoms with Gasteiger partial charge in [-0.25, -0.2) is 0 Å². The van der Waals surface area contributed by atoms with Gasteiger partial charge < -0.3 is 14.6 Å². The van der Waals surface area contributed by atoms with E-state index in [1.165, 1.54) is 0 Å². The van der Waals surface area contributed by atoms with Crippen molar-refractivity contribution >= 4 is 11.7 Å². The Morgan fingerprint density at radius 2 is 1.64 bits per heavy atom. The number of hydrogen-bond donors (Lipinski definition) is 1. The lowest BCUT2D eigenvalue weighted by Crippen LogP contribution is -2.14. The number of aliphatic carboxylic acids is 1. The number of rotatable bonds is 9. The molecule has 0 bridgehead atoms. The molecule has 33 heavy (non-hydrogen) atoms. The molecule has 0 aromatic heterocycles. The second-order valence-electron chi connectivity index (χ2n) is 7.92. The van der Waals surface area contributed by atoms with Gasteiger partial charge in [-0.05, 0) is 42.7 Å². The highest BCUT2D eigenvalue weighted by molar-refractivity contribution is 5.76. The molecule has 3 aromatic carbocycles. The van der Waals surface area contributed by atoms with Crippen molar-refractivity contribution in [3.63, 3.8) is 0 Å². The lowest BCUT2D eigenvalue weighted by atomic mass is 9.92. The van der Waals surface area contributed by atoms with E-state index in [-0.39, 0.29) is 0 Å². The Kier molecular flexibility index (Phi) is 7.09. The summed E-state index contributed by atoms with van der Waals surface area (Å²) in [5.41, 5.74) is 7.04. The van der Waals surface area contributed by atoms with Crippen LogP contribution in [-0.4, -0.2) is 17.7 Å². The van der Waals surface area contributed by atoms with Crippen LogP contribution in [0.3, 0.4) is 0 Å². The van der Waals surface area contributed by atoms with Gasteiger partial charge in [-0.1, -0.05) is 78.5 Å². The highest BCUT2D eigenvalue weighted by atomic mass is 16.5. The highest BCUT2D eigenvalue weighted by Gasteiger charge is 2.20. The first-order valence-corrected chi connectivity index (χ1v) is 11.0. The van der Waals surface area contributed by atoms with E-state index in [1.807, 2.05) is 97.9 Å². The lowest BCUT2D eigenvalue weighted by Gasteiger charge is -2.16. The molecule has 4 heteroatoms. The Hall–Kier alpha value is -4.01. The topological polar surface area (TPSA) is 55.8 Å². The van der Waals surface area contributed by atoms with Crippen LogP contribution >= 0.6 is 0 Å². The van der Waals surface area contributed by atoms with Crippen LogP contribution in [0.25, 0.3) is 5.76 Å². The van der Waals surface area contributed by atoms with Crippen LogP contribution in [0.4, 0.5) is 0 Å². The second kappa shape index (κ2) is 10.5. The van der Waals surface area contributed by atoms with Crippen LogP contribution in [0.1, 0.15) is 36.0 Å². The first-order valence-electron chi connectivity index (χ1n) is 11.0. The first-order chi connectivity index (χ1) is 16.1. The fourth-order valence-electron chi connectivity index (χ4n) is 3.75. The van der Waals surface area contributed by atoms with Gasteiger partial charge in [0.2, 0.25) is 0 Å². The van der Waals surface area contributed by atoms with Crippen LogP contribution < -0.4 is 4.74 Å². The molecule has 1 N–H and O–H groups in total. The smallest absolute Gasteiger partial charge is 0.311 e. The summed E-state index contributed by atoms with van der Waals surface area (Å²) in [6, 6.07) is 26.9. The average Bonchev–Trinajstić information content (AvgIpc) is 2.85. The van der Waals surface area contributed by atoms with Gasteiger partial charge in [0.05, 0.1) is 12.5 Å². The van der Waals surface area contributed by atoms with Crippen LogP contribution in [0, 0.1) is 0 Å². The molecule has 1 aliphatic rings. The van der Waals surface area contributed by atoms with Crippen LogP contribution in [-0.2, 0) is 16.0 Å². The molecule has 0 fully saturated rings. The van der Waals surface area contributed by atoms with Gasteiger partial charge in [-0.3, -0.25) is 4.79 Å². The molecule has 0 saturated heterocycles. The summed E-state index contributed by atoms with van der Waals surface area (Å²) in [5, 5.41) is 9.64. The van der Waals surface area contributed by atoms with Gasteiger partial charge in [-0.15, -0.1) is 0 Å². The molecular weight excluding hydrogens is 412 g/mol. The predicted molar refractivity (Wildman–Crippen MR) is 129 cm³/mol. The van der Waals surface area contributed by atoms with E-state index in [0.717, 1.165) is 39.5 Å². The SMILES string of the molecule is CC1=C(CCOc2ccc(CC(C(=O)O)c3ccccc3)cc2)C=C=C(c2ccccc2)O1. The molecule has 166 valence electrons. The zero-order valence-electron chi connectivity index (χ0n) is 18.5. The lowest BCUT2D eigenvalue weighted by molar-refractivity contribution is -0.138. The zero-order chi connectivity index (χ0) is 23.0. The number of hydrogen-bond acceptors (Lipinski definition) is 3. The number of benzene rings is 3. The van der Waals surface area contributed by atoms with Crippen molar-refractivity contribution in [2.45, 2.75) is 25.7 Å². The number of carbonyl (C=O) groups is 1. The third-order valence-electron chi connectivity index (χ3n) is 5.62. The van der Waals surface area contributed by atoms with Crippen LogP contribution in [0.5, 0.6) is 5.75 Å². The molecule has 0 radical (unpaired) electrons. The number of allylic oxidation sites excluding steroid dienone is 2. The molecular formula is C29H26O4. The summed E-state index contributed by atoms with van der Waals surface area (Å²) >= 11 is 0. The summed E-state index contributed by atoms with van der Waals surface area (Å²) in [6.45, 7) is 2.46. The Labute approximate surface area is 194 Å². The Morgan fingerprint density at radius 3 is 2.27 bits per heavy atom. The van der Waals surface area contributed by atoms with Gasteiger partial charge in [0.15, 0.2) is 5.76 Å². The summed E-state index contributed by atoms with van der Waals surface area (Å²) < 4.78 is 11.8. The van der Waals surface area contributed by atoms with Gasteiger partial charge in [0, 0.05) is 17.6 Å². The van der Waals surface area contributed by atoms with E-state index in [4.69, 9.17) is 9.47 Å². The van der Waals surface area contributed by atoms with Crippen molar-refractivity contribution in [2.24, 2.45) is 0 Å². The molecule has 1 heterocycles. The summed E-state index contributed by atoms with van der Waals surface area (Å²) in [5.74, 6) is 0.942. The second-order valence-corrected chi connectivity index (χ2v) is 7.92. The summed E-state index contributed by atoms with van der Waals surface area (Å²) in [7, 11) is 0. The van der Waals surface area contributed by atoms with Crippen molar-refractivity contribution in [3.05, 3.63) is 125 Å². The first kappa shape index (κ1) is 22.2. The van der Waals surface area contributed by atoms with E-state index in [2.05, 4.69) is 5.73 Å². The molecule has 0 spiro atoms. The Morgan fingerprint density at radius 1 is 0.970 bits per heavy atom. The molecule has 0 amide bonds. The minimum Gasteiger partial charge on any atom is -0.493 e. The van der Waals surface area contributed by atoms with Crippen molar-refractivity contribution < 1.29 is 19.4 Å². The van der Waals surface area contributed by atoms with E-state index < -0.39 is 11.9 Å². The predicted octanol–water partition coefficient (Wildman–Crippen LogP) is 6.37. The van der Waals surface area contributed by atoms with E-state index in [9.17, 15) is 9.90 Å². The largest absolute Gasteiger partial charge is 0.493 e. The van der Waals surface area contributed by atoms with Crippen molar-refractivity contribution in [2.75, 3.05) is 6.61 Å². The molecule has 0 aliphatic carbocycles. The van der Waals surface area contributed by atoms with Crippen LogP contribution in [0.15, 0.2) is 108 Å². The maximum absolute atomic E-state index is 11.7. The Balaban J connectivity index is 1.32. The monoisotopic (exact) mass is 438 g/mol. The number of carboxylic acids is 1. The molecule has 0 saturated carbocycles. The highest BCUT2D eigenvalue weighted by Crippen LogP contribution is 2.26. The fourth-order valence-corrected chi connectivity index (χ4v) is 3.75. The quantitative estimate of drug-likeness (QED) is 0.395. The Bertz CT molecular complexity index is 1190. The third-order valence-corrected chi connectivity index (χ3v) is 5.62. The van der Waals surface area contributed by atoms with Gasteiger partial charge in [0.25, 0.3) is 0 Å². The van der Waals surface area contributed by atoms with Crippen molar-refractivity contribution in [1.29, 1.82) is 0 Å². The molecule has 4 nitrogen and oxygen atoms in total. The van der Waals surface area contributed by atoms with Crippen LogP contribution in [0.2, 0.25) is 0 Å². The summed E-state index contributed by atoms with van der Waals surface area (Å²) in [4.78, 5) is 11.7. The fraction of sp³-hybridized carbons (Fsp3) is 0.172. The maximum Gasteiger partial charge on any atom is 0.311 e. The van der Waals surface area contributed by atoms with E-state index in [1.54, 1.807) is 0 Å². The molecule has 1 unspecified atom stereocenters. The molecule has 4 rings (SSSR count). The standard InChI is InChI=1S/C29H26O4/c1-21-23(14-17-28(33-21)25-10-6-3-7-11-25)18-19-32-26-15-12-22(13-16-26)20-27(29(30)31)24-8-4-2-5-9-24/h2-16,27H,18-20H2,1H3,(H,30,31). The van der Waals surface area contributed by atoms with E-state index in [0.29, 0.717) is 19.4 Å². The minimum absolute atomic E-state index is 0.434. The average molecular weight is 439 g/mol. The van der Waals surface area contributed by atoms with E-state index >= 15 is 0 Å². The van der Waals surface area contributed by atoms with Crippen molar-refractivity contribution in [3.8, 4) is 5.75 Å². The van der Waals surface area contributed by atoms with Gasteiger partial charge in [-0.2, -0.15) is 0 Å². The maximum atomic E-state index is 11.7.